The van der Waals surface area contributed by atoms with Crippen LogP contribution in [0.15, 0.2) is 18.2 Å². The SMILES string of the molecule is CC(C)Oc1ccc(O)c(OCC2CC2)c1. The van der Waals surface area contributed by atoms with Crippen molar-refractivity contribution in [3.8, 4) is 17.2 Å². The number of phenolic OH excluding ortho intramolecular Hbond substituents is 1. The normalized spacial score (nSPS) is 15.2. The van der Waals surface area contributed by atoms with Gasteiger partial charge in [0.05, 0.1) is 12.7 Å². The standard InChI is InChI=1S/C13H18O3/c1-9(2)16-11-5-6-12(14)13(7-11)15-8-10-3-4-10/h5-7,9-10,14H,3-4,8H2,1-2H3. The zero-order valence-corrected chi connectivity index (χ0v) is 9.77. The van der Waals surface area contributed by atoms with E-state index in [0.717, 1.165) is 5.75 Å². The molecule has 0 saturated heterocycles. The van der Waals surface area contributed by atoms with E-state index in [1.807, 2.05) is 13.8 Å². The van der Waals surface area contributed by atoms with E-state index in [1.165, 1.54) is 12.8 Å². The highest BCUT2D eigenvalue weighted by molar-refractivity contribution is 5.44. The summed E-state index contributed by atoms with van der Waals surface area (Å²) in [6, 6.07) is 5.11. The van der Waals surface area contributed by atoms with Crippen LogP contribution in [0.3, 0.4) is 0 Å². The molecule has 0 heterocycles. The van der Waals surface area contributed by atoms with Crippen molar-refractivity contribution in [1.82, 2.24) is 0 Å². The Labute approximate surface area is 96.0 Å². The van der Waals surface area contributed by atoms with Gasteiger partial charge in [0, 0.05) is 6.07 Å². The number of phenols is 1. The zero-order valence-electron chi connectivity index (χ0n) is 9.77. The zero-order chi connectivity index (χ0) is 11.5. The molecule has 1 fully saturated rings. The predicted molar refractivity (Wildman–Crippen MR) is 62.1 cm³/mol. The summed E-state index contributed by atoms with van der Waals surface area (Å²) < 4.78 is 11.1. The molecule has 1 aromatic rings. The van der Waals surface area contributed by atoms with Crippen LogP contribution in [0.5, 0.6) is 17.2 Å². The molecule has 2 rings (SSSR count). The molecular formula is C13H18O3. The number of ether oxygens (including phenoxy) is 2. The van der Waals surface area contributed by atoms with Gasteiger partial charge < -0.3 is 14.6 Å². The van der Waals surface area contributed by atoms with Crippen LogP contribution in [0, 0.1) is 5.92 Å². The van der Waals surface area contributed by atoms with Crippen LogP contribution < -0.4 is 9.47 Å². The number of aromatic hydroxyl groups is 1. The van der Waals surface area contributed by atoms with Gasteiger partial charge in [-0.2, -0.15) is 0 Å². The molecule has 88 valence electrons. The summed E-state index contributed by atoms with van der Waals surface area (Å²) in [5.41, 5.74) is 0. The molecule has 1 aliphatic carbocycles. The predicted octanol–water partition coefficient (Wildman–Crippen LogP) is 2.97. The molecule has 0 aromatic heterocycles. The van der Waals surface area contributed by atoms with Gasteiger partial charge in [-0.05, 0) is 44.7 Å². The van der Waals surface area contributed by atoms with E-state index in [1.54, 1.807) is 18.2 Å². The smallest absolute Gasteiger partial charge is 0.164 e. The second-order valence-electron chi connectivity index (χ2n) is 4.55. The summed E-state index contributed by atoms with van der Waals surface area (Å²) in [6.07, 6.45) is 2.60. The van der Waals surface area contributed by atoms with Crippen molar-refractivity contribution in [3.05, 3.63) is 18.2 Å². The second kappa shape index (κ2) is 4.64. The molecule has 1 N–H and O–H groups in total. The Balaban J connectivity index is 2.02. The Kier molecular flexibility index (Phi) is 3.22. The first-order valence-corrected chi connectivity index (χ1v) is 5.77. The van der Waals surface area contributed by atoms with Crippen molar-refractivity contribution >= 4 is 0 Å². The number of hydrogen-bond donors (Lipinski definition) is 1. The van der Waals surface area contributed by atoms with E-state index in [-0.39, 0.29) is 11.9 Å². The average Bonchev–Trinajstić information content (AvgIpc) is 3.02. The third-order valence-corrected chi connectivity index (χ3v) is 2.47. The van der Waals surface area contributed by atoms with Gasteiger partial charge in [-0.25, -0.2) is 0 Å². The maximum absolute atomic E-state index is 9.62. The van der Waals surface area contributed by atoms with Gasteiger partial charge >= 0.3 is 0 Å². The quantitative estimate of drug-likeness (QED) is 0.832. The number of benzene rings is 1. The summed E-state index contributed by atoms with van der Waals surface area (Å²) in [6.45, 7) is 4.63. The molecule has 3 nitrogen and oxygen atoms in total. The van der Waals surface area contributed by atoms with Crippen LogP contribution in [0.2, 0.25) is 0 Å². The molecular weight excluding hydrogens is 204 g/mol. The number of rotatable bonds is 5. The Morgan fingerprint density at radius 1 is 1.38 bits per heavy atom. The second-order valence-corrected chi connectivity index (χ2v) is 4.55. The van der Waals surface area contributed by atoms with Crippen LogP contribution in [-0.2, 0) is 0 Å². The lowest BCUT2D eigenvalue weighted by molar-refractivity contribution is 0.237. The van der Waals surface area contributed by atoms with Crippen LogP contribution in [0.25, 0.3) is 0 Å². The topological polar surface area (TPSA) is 38.7 Å². The lowest BCUT2D eigenvalue weighted by Gasteiger charge is -2.12. The summed E-state index contributed by atoms with van der Waals surface area (Å²) in [5, 5.41) is 9.62. The van der Waals surface area contributed by atoms with E-state index in [2.05, 4.69) is 0 Å². The van der Waals surface area contributed by atoms with Crippen molar-refractivity contribution in [2.75, 3.05) is 6.61 Å². The van der Waals surface area contributed by atoms with E-state index in [4.69, 9.17) is 9.47 Å². The van der Waals surface area contributed by atoms with Crippen molar-refractivity contribution in [2.45, 2.75) is 32.8 Å². The van der Waals surface area contributed by atoms with Gasteiger partial charge in [0.15, 0.2) is 11.5 Å². The molecule has 1 aliphatic rings. The molecule has 0 unspecified atom stereocenters. The third kappa shape index (κ3) is 3.05. The van der Waals surface area contributed by atoms with Crippen molar-refractivity contribution in [3.63, 3.8) is 0 Å². The Bertz CT molecular complexity index is 356. The Morgan fingerprint density at radius 3 is 2.75 bits per heavy atom. The fourth-order valence-corrected chi connectivity index (χ4v) is 1.45. The molecule has 0 aliphatic heterocycles. The van der Waals surface area contributed by atoms with E-state index in [9.17, 15) is 5.11 Å². The molecule has 16 heavy (non-hydrogen) atoms. The molecule has 0 radical (unpaired) electrons. The molecule has 0 atom stereocenters. The lowest BCUT2D eigenvalue weighted by Crippen LogP contribution is -2.06. The highest BCUT2D eigenvalue weighted by Crippen LogP contribution is 2.34. The fourth-order valence-electron chi connectivity index (χ4n) is 1.45. The maximum atomic E-state index is 9.62. The molecule has 3 heteroatoms. The van der Waals surface area contributed by atoms with Crippen LogP contribution in [-0.4, -0.2) is 17.8 Å². The molecule has 0 bridgehead atoms. The van der Waals surface area contributed by atoms with E-state index in [0.29, 0.717) is 18.3 Å². The van der Waals surface area contributed by atoms with Crippen LogP contribution in [0.1, 0.15) is 26.7 Å². The first-order chi connectivity index (χ1) is 7.65. The van der Waals surface area contributed by atoms with Crippen molar-refractivity contribution in [1.29, 1.82) is 0 Å². The highest BCUT2D eigenvalue weighted by Gasteiger charge is 2.22. The van der Waals surface area contributed by atoms with Crippen molar-refractivity contribution in [2.24, 2.45) is 5.92 Å². The van der Waals surface area contributed by atoms with Gasteiger partial charge in [0.2, 0.25) is 0 Å². The minimum Gasteiger partial charge on any atom is -0.504 e. The lowest BCUT2D eigenvalue weighted by atomic mass is 10.3. The molecule has 1 saturated carbocycles. The summed E-state index contributed by atoms with van der Waals surface area (Å²) >= 11 is 0. The summed E-state index contributed by atoms with van der Waals surface area (Å²) in [5.74, 6) is 2.11. The highest BCUT2D eigenvalue weighted by atomic mass is 16.5. The minimum absolute atomic E-state index is 0.126. The van der Waals surface area contributed by atoms with Gasteiger partial charge in [0.1, 0.15) is 5.75 Å². The maximum Gasteiger partial charge on any atom is 0.164 e. The van der Waals surface area contributed by atoms with Gasteiger partial charge in [0.25, 0.3) is 0 Å². The van der Waals surface area contributed by atoms with Gasteiger partial charge in [-0.1, -0.05) is 0 Å². The summed E-state index contributed by atoms with van der Waals surface area (Å²) in [7, 11) is 0. The number of hydrogen-bond acceptors (Lipinski definition) is 3. The molecule has 0 spiro atoms. The molecule has 0 amide bonds. The average molecular weight is 222 g/mol. The largest absolute Gasteiger partial charge is 0.504 e. The summed E-state index contributed by atoms with van der Waals surface area (Å²) in [4.78, 5) is 0. The Morgan fingerprint density at radius 2 is 2.12 bits per heavy atom. The van der Waals surface area contributed by atoms with Gasteiger partial charge in [-0.15, -0.1) is 0 Å². The first-order valence-electron chi connectivity index (χ1n) is 5.77. The first kappa shape index (κ1) is 11.1. The van der Waals surface area contributed by atoms with Crippen LogP contribution >= 0.6 is 0 Å². The van der Waals surface area contributed by atoms with Gasteiger partial charge in [-0.3, -0.25) is 0 Å². The van der Waals surface area contributed by atoms with E-state index < -0.39 is 0 Å². The van der Waals surface area contributed by atoms with E-state index >= 15 is 0 Å². The third-order valence-electron chi connectivity index (χ3n) is 2.47. The minimum atomic E-state index is 0.126. The fraction of sp³-hybridized carbons (Fsp3) is 0.538. The van der Waals surface area contributed by atoms with Crippen LogP contribution in [0.4, 0.5) is 0 Å². The monoisotopic (exact) mass is 222 g/mol. The molecule has 1 aromatic carbocycles. The Hall–Kier alpha value is -1.38. The van der Waals surface area contributed by atoms with Crippen molar-refractivity contribution < 1.29 is 14.6 Å².